The lowest BCUT2D eigenvalue weighted by molar-refractivity contribution is -0.116. The highest BCUT2D eigenvalue weighted by atomic mass is 16.1. The number of hydrogen-bond acceptors (Lipinski definition) is 4. The molecule has 6 nitrogen and oxygen atoms in total. The van der Waals surface area contributed by atoms with E-state index in [1.165, 1.54) is 27.8 Å². The van der Waals surface area contributed by atoms with Gasteiger partial charge in [-0.05, 0) is 48.9 Å². The monoisotopic (exact) mass is 403 g/mol. The molecular weight excluding hydrogens is 374 g/mol. The van der Waals surface area contributed by atoms with E-state index in [-0.39, 0.29) is 5.91 Å². The molecule has 2 aliphatic rings. The maximum absolute atomic E-state index is 11.4. The minimum absolute atomic E-state index is 0.264. The van der Waals surface area contributed by atoms with Gasteiger partial charge in [-0.15, -0.1) is 0 Å². The number of rotatable bonds is 6. The first-order valence-corrected chi connectivity index (χ1v) is 10.8. The number of H-pyrrole nitrogens is 1. The number of nitrogens with zero attached hydrogens (tertiary/aromatic N) is 3. The summed E-state index contributed by atoms with van der Waals surface area (Å²) in [6, 6.07) is 17.3. The smallest absolute Gasteiger partial charge is 0.236 e. The van der Waals surface area contributed by atoms with Crippen LogP contribution in [0.3, 0.4) is 0 Å². The highest BCUT2D eigenvalue weighted by molar-refractivity contribution is 5.83. The van der Waals surface area contributed by atoms with Crippen molar-refractivity contribution in [3.63, 3.8) is 0 Å². The molecule has 0 bridgehead atoms. The van der Waals surface area contributed by atoms with Gasteiger partial charge in [0, 0.05) is 67.1 Å². The molecule has 1 atom stereocenters. The summed E-state index contributed by atoms with van der Waals surface area (Å²) in [7, 11) is 0. The van der Waals surface area contributed by atoms with Crippen LogP contribution in [0.1, 0.15) is 17.9 Å². The Bertz CT molecular complexity index is 1040. The van der Waals surface area contributed by atoms with Crippen molar-refractivity contribution < 1.29 is 4.79 Å². The molecule has 3 N–H and O–H groups in total. The Kier molecular flexibility index (Phi) is 5.09. The lowest BCUT2D eigenvalue weighted by Gasteiger charge is -2.36. The number of primary amides is 1. The molecule has 0 spiro atoms. The number of piperazine rings is 1. The largest absolute Gasteiger partial charge is 0.369 e. The Morgan fingerprint density at radius 1 is 1.07 bits per heavy atom. The summed E-state index contributed by atoms with van der Waals surface area (Å²) in [5, 5.41) is 1.27. The predicted octanol–water partition coefficient (Wildman–Crippen LogP) is 2.77. The average molecular weight is 404 g/mol. The molecule has 5 rings (SSSR count). The first-order chi connectivity index (χ1) is 14.7. The molecule has 1 fully saturated rings. The Morgan fingerprint density at radius 3 is 2.73 bits per heavy atom. The SMILES string of the molecule is NC(=O)CN1C[C@H](CCN2CCN(c3ccc4[nH]ccc4c3)CC2)c2ccccc21. The lowest BCUT2D eigenvalue weighted by atomic mass is 9.97. The van der Waals surface area contributed by atoms with Crippen molar-refractivity contribution >= 4 is 28.2 Å². The second-order valence-electron chi connectivity index (χ2n) is 8.47. The summed E-state index contributed by atoms with van der Waals surface area (Å²) < 4.78 is 0. The van der Waals surface area contributed by atoms with Gasteiger partial charge in [0.15, 0.2) is 0 Å². The molecule has 0 radical (unpaired) electrons. The first kappa shape index (κ1) is 19.0. The second kappa shape index (κ2) is 8.03. The number of aromatic nitrogens is 1. The highest BCUT2D eigenvalue weighted by Crippen LogP contribution is 2.37. The molecule has 1 saturated heterocycles. The Morgan fingerprint density at radius 2 is 1.90 bits per heavy atom. The first-order valence-electron chi connectivity index (χ1n) is 10.8. The van der Waals surface area contributed by atoms with Gasteiger partial charge in [-0.25, -0.2) is 0 Å². The highest BCUT2D eigenvalue weighted by Gasteiger charge is 2.29. The van der Waals surface area contributed by atoms with Gasteiger partial charge in [-0.1, -0.05) is 18.2 Å². The predicted molar refractivity (Wildman–Crippen MR) is 122 cm³/mol. The van der Waals surface area contributed by atoms with Crippen molar-refractivity contribution in [2.45, 2.75) is 12.3 Å². The molecule has 0 saturated carbocycles. The summed E-state index contributed by atoms with van der Waals surface area (Å²) in [6.45, 7) is 6.58. The lowest BCUT2D eigenvalue weighted by Crippen LogP contribution is -2.46. The van der Waals surface area contributed by atoms with E-state index in [2.05, 4.69) is 62.1 Å². The van der Waals surface area contributed by atoms with Gasteiger partial charge >= 0.3 is 0 Å². The number of benzene rings is 2. The van der Waals surface area contributed by atoms with Crippen LogP contribution in [0.15, 0.2) is 54.7 Å². The van der Waals surface area contributed by atoms with Crippen LogP contribution in [0.25, 0.3) is 10.9 Å². The van der Waals surface area contributed by atoms with Gasteiger partial charge in [0.2, 0.25) is 5.91 Å². The summed E-state index contributed by atoms with van der Waals surface area (Å²) in [4.78, 5) is 21.9. The van der Waals surface area contributed by atoms with Crippen molar-refractivity contribution in [1.82, 2.24) is 9.88 Å². The number of carbonyl (C=O) groups excluding carboxylic acids is 1. The molecule has 2 aromatic carbocycles. The number of nitrogens with one attached hydrogen (secondary N) is 1. The minimum atomic E-state index is -0.264. The Labute approximate surface area is 177 Å². The van der Waals surface area contributed by atoms with Crippen LogP contribution in [0, 0.1) is 0 Å². The summed E-state index contributed by atoms with van der Waals surface area (Å²) in [5.41, 5.74) is 10.5. The molecule has 30 heavy (non-hydrogen) atoms. The van der Waals surface area contributed by atoms with E-state index in [1.54, 1.807) is 0 Å². The molecule has 0 unspecified atom stereocenters. The zero-order valence-electron chi connectivity index (χ0n) is 17.3. The number of anilines is 2. The topological polar surface area (TPSA) is 68.6 Å². The van der Waals surface area contributed by atoms with E-state index in [0.29, 0.717) is 12.5 Å². The number of hydrogen-bond donors (Lipinski definition) is 2. The van der Waals surface area contributed by atoms with Crippen molar-refractivity contribution in [3.8, 4) is 0 Å². The van der Waals surface area contributed by atoms with Gasteiger partial charge in [0.25, 0.3) is 0 Å². The zero-order valence-corrected chi connectivity index (χ0v) is 17.3. The van der Waals surface area contributed by atoms with Crippen molar-refractivity contribution in [3.05, 3.63) is 60.3 Å². The molecule has 2 aliphatic heterocycles. The second-order valence-corrected chi connectivity index (χ2v) is 8.47. The van der Waals surface area contributed by atoms with Gasteiger partial charge in [0.1, 0.15) is 0 Å². The number of para-hydroxylation sites is 1. The third kappa shape index (κ3) is 3.75. The van der Waals surface area contributed by atoms with Crippen molar-refractivity contribution in [2.75, 3.05) is 55.6 Å². The maximum atomic E-state index is 11.4. The summed E-state index contributed by atoms with van der Waals surface area (Å²) in [5.74, 6) is 0.203. The average Bonchev–Trinajstić information content (AvgIpc) is 3.37. The normalized spacial score (nSPS) is 19.4. The van der Waals surface area contributed by atoms with E-state index in [0.717, 1.165) is 45.7 Å². The van der Waals surface area contributed by atoms with E-state index in [9.17, 15) is 4.79 Å². The van der Waals surface area contributed by atoms with Crippen molar-refractivity contribution in [1.29, 1.82) is 0 Å². The standard InChI is InChI=1S/C24H29N5O/c25-24(30)17-29-16-19(21-3-1-2-4-23(21)29)8-10-27-11-13-28(14-12-27)20-5-6-22-18(15-20)7-9-26-22/h1-7,9,15,19,26H,8,10-14,16-17H2,(H2,25,30)/t19-/m0/s1. The number of fused-ring (bicyclic) bond motifs is 2. The number of aromatic amines is 1. The third-order valence-corrected chi connectivity index (χ3v) is 6.57. The van der Waals surface area contributed by atoms with Crippen LogP contribution in [-0.4, -0.2) is 61.6 Å². The molecule has 156 valence electrons. The molecular formula is C24H29N5O. The van der Waals surface area contributed by atoms with E-state index in [4.69, 9.17) is 5.73 Å². The van der Waals surface area contributed by atoms with E-state index in [1.807, 2.05) is 12.3 Å². The number of nitrogens with two attached hydrogens (primary N) is 1. The van der Waals surface area contributed by atoms with Gasteiger partial charge < -0.3 is 20.5 Å². The van der Waals surface area contributed by atoms with E-state index < -0.39 is 0 Å². The molecule has 1 aromatic heterocycles. The minimum Gasteiger partial charge on any atom is -0.369 e. The quantitative estimate of drug-likeness (QED) is 0.664. The fourth-order valence-electron chi connectivity index (χ4n) is 4.97. The van der Waals surface area contributed by atoms with Gasteiger partial charge in [-0.3, -0.25) is 9.69 Å². The number of amides is 1. The Balaban J connectivity index is 1.17. The van der Waals surface area contributed by atoms with Crippen LogP contribution < -0.4 is 15.5 Å². The van der Waals surface area contributed by atoms with Crippen LogP contribution in [0.4, 0.5) is 11.4 Å². The maximum Gasteiger partial charge on any atom is 0.236 e. The molecule has 1 amide bonds. The van der Waals surface area contributed by atoms with Gasteiger partial charge in [0.05, 0.1) is 6.54 Å². The summed E-state index contributed by atoms with van der Waals surface area (Å²) >= 11 is 0. The van der Waals surface area contributed by atoms with Crippen LogP contribution in [0.5, 0.6) is 0 Å². The van der Waals surface area contributed by atoms with E-state index >= 15 is 0 Å². The Hall–Kier alpha value is -2.99. The van der Waals surface area contributed by atoms with Crippen LogP contribution in [-0.2, 0) is 4.79 Å². The van der Waals surface area contributed by atoms with Crippen LogP contribution >= 0.6 is 0 Å². The molecule has 6 heteroatoms. The fraction of sp³-hybridized carbons (Fsp3) is 0.375. The number of carbonyl (C=O) groups is 1. The van der Waals surface area contributed by atoms with Crippen molar-refractivity contribution in [2.24, 2.45) is 5.73 Å². The third-order valence-electron chi connectivity index (χ3n) is 6.57. The van der Waals surface area contributed by atoms with Crippen LogP contribution in [0.2, 0.25) is 0 Å². The molecule has 0 aliphatic carbocycles. The fourth-order valence-corrected chi connectivity index (χ4v) is 4.97. The zero-order chi connectivity index (χ0) is 20.5. The summed E-state index contributed by atoms with van der Waals surface area (Å²) in [6.07, 6.45) is 3.11. The van der Waals surface area contributed by atoms with Gasteiger partial charge in [-0.2, -0.15) is 0 Å². The molecule has 3 aromatic rings. The molecule has 3 heterocycles.